The van der Waals surface area contributed by atoms with E-state index in [1.807, 2.05) is 0 Å². The lowest BCUT2D eigenvalue weighted by atomic mass is 10.00. The molecule has 2 aromatic carbocycles. The van der Waals surface area contributed by atoms with Crippen LogP contribution in [0.2, 0.25) is 0 Å². The SMILES string of the molecule is Cn1ccnc1COc1nc2c(F)c(-c3cc(O)cc4ccccc34)ncc2c(N2CC3CCC(C2)N3)[n+]1OC(=O)C(F)(F)F. The van der Waals surface area contributed by atoms with Crippen molar-refractivity contribution in [1.29, 1.82) is 0 Å². The molecule has 2 bridgehead atoms. The second-order valence-corrected chi connectivity index (χ2v) is 11.1. The number of halogens is 4. The van der Waals surface area contributed by atoms with E-state index in [1.54, 1.807) is 47.0 Å². The van der Waals surface area contributed by atoms with Gasteiger partial charge in [0.25, 0.3) is 5.82 Å². The number of imidazole rings is 1. The number of hydrogen-bond donors (Lipinski definition) is 2. The first-order chi connectivity index (χ1) is 21.6. The molecule has 0 saturated carbocycles. The van der Waals surface area contributed by atoms with Gasteiger partial charge in [-0.2, -0.15) is 13.2 Å². The molecule has 11 nitrogen and oxygen atoms in total. The number of nitrogens with zero attached hydrogens (tertiary/aromatic N) is 6. The van der Waals surface area contributed by atoms with Crippen LogP contribution in [0.4, 0.5) is 23.4 Å². The van der Waals surface area contributed by atoms with Gasteiger partial charge in [-0.15, -0.1) is 0 Å². The Labute approximate surface area is 252 Å². The van der Waals surface area contributed by atoms with E-state index >= 15 is 4.39 Å². The molecule has 2 aliphatic rings. The fourth-order valence-electron chi connectivity index (χ4n) is 6.01. The second kappa shape index (κ2) is 10.8. The van der Waals surface area contributed by atoms with E-state index in [-0.39, 0.29) is 52.4 Å². The summed E-state index contributed by atoms with van der Waals surface area (Å²) in [4.78, 5) is 31.7. The monoisotopic (exact) mass is 624 g/mol. The Morgan fingerprint density at radius 1 is 1.13 bits per heavy atom. The van der Waals surface area contributed by atoms with Gasteiger partial charge in [0.1, 0.15) is 22.7 Å². The normalized spacial score (nSPS) is 18.1. The molecule has 5 aromatic rings. The van der Waals surface area contributed by atoms with E-state index in [9.17, 15) is 23.1 Å². The van der Waals surface area contributed by atoms with Crippen molar-refractivity contribution in [2.45, 2.75) is 37.7 Å². The minimum Gasteiger partial charge on any atom is -0.508 e. The van der Waals surface area contributed by atoms with Crippen LogP contribution in [0.3, 0.4) is 0 Å². The summed E-state index contributed by atoms with van der Waals surface area (Å²) in [5.41, 5.74) is -0.139. The zero-order chi connectivity index (χ0) is 31.5. The number of aromatic hydroxyl groups is 1. The van der Waals surface area contributed by atoms with Gasteiger partial charge in [-0.25, -0.2) is 14.2 Å². The number of hydrogen-bond acceptors (Lipinski definition) is 9. The number of fused-ring (bicyclic) bond motifs is 4. The van der Waals surface area contributed by atoms with E-state index in [4.69, 9.17) is 9.57 Å². The van der Waals surface area contributed by atoms with Gasteiger partial charge in [0.2, 0.25) is 0 Å². The zero-order valence-corrected chi connectivity index (χ0v) is 23.8. The zero-order valence-electron chi connectivity index (χ0n) is 23.8. The molecule has 0 aliphatic carbocycles. The number of carbonyl (C=O) groups is 1. The molecule has 2 saturated heterocycles. The smallest absolute Gasteiger partial charge is 0.495 e. The van der Waals surface area contributed by atoms with E-state index in [1.165, 1.54) is 24.5 Å². The number of piperazine rings is 1. The minimum absolute atomic E-state index is 0.00123. The van der Waals surface area contributed by atoms with Crippen molar-refractivity contribution in [3.05, 3.63) is 66.6 Å². The first kappa shape index (κ1) is 28.7. The van der Waals surface area contributed by atoms with Crippen molar-refractivity contribution in [2.75, 3.05) is 18.0 Å². The Morgan fingerprint density at radius 2 is 1.89 bits per heavy atom. The molecule has 2 atom stereocenters. The predicted molar refractivity (Wildman–Crippen MR) is 152 cm³/mol. The number of benzene rings is 2. The summed E-state index contributed by atoms with van der Waals surface area (Å²) < 4.78 is 65.3. The Balaban J connectivity index is 1.47. The summed E-state index contributed by atoms with van der Waals surface area (Å²) in [6, 6.07) is 9.37. The molecule has 2 N–H and O–H groups in total. The van der Waals surface area contributed by atoms with Gasteiger partial charge < -0.3 is 19.7 Å². The summed E-state index contributed by atoms with van der Waals surface area (Å²) in [6.07, 6.45) is 0.737. The number of phenolic OH excluding ortho intramolecular Hbond substituents is 1. The number of rotatable bonds is 6. The van der Waals surface area contributed by atoms with Crippen molar-refractivity contribution in [3.8, 4) is 23.0 Å². The van der Waals surface area contributed by atoms with Crippen LogP contribution in [0.25, 0.3) is 32.9 Å². The fraction of sp³-hybridized carbons (Fsp3) is 0.300. The van der Waals surface area contributed by atoms with Crippen molar-refractivity contribution in [2.24, 2.45) is 7.05 Å². The van der Waals surface area contributed by atoms with Crippen LogP contribution in [0.5, 0.6) is 11.8 Å². The van der Waals surface area contributed by atoms with Gasteiger partial charge in [-0.3, -0.25) is 14.7 Å². The van der Waals surface area contributed by atoms with Crippen molar-refractivity contribution < 1.29 is 41.8 Å². The molecular weight excluding hydrogens is 598 g/mol. The number of aromatic nitrogens is 5. The Morgan fingerprint density at radius 3 is 2.60 bits per heavy atom. The number of pyridine rings is 1. The van der Waals surface area contributed by atoms with Crippen LogP contribution in [-0.2, 0) is 18.4 Å². The van der Waals surface area contributed by atoms with E-state index in [0.29, 0.717) is 34.4 Å². The summed E-state index contributed by atoms with van der Waals surface area (Å²) in [5.74, 6) is -3.21. The summed E-state index contributed by atoms with van der Waals surface area (Å²) in [7, 11) is 1.69. The first-order valence-electron chi connectivity index (χ1n) is 14.1. The van der Waals surface area contributed by atoms with Gasteiger partial charge in [0, 0.05) is 43.3 Å². The van der Waals surface area contributed by atoms with Crippen LogP contribution in [0.15, 0.2) is 55.0 Å². The Bertz CT molecular complexity index is 1950. The molecule has 2 fully saturated rings. The van der Waals surface area contributed by atoms with Gasteiger partial charge in [0.05, 0.1) is 13.1 Å². The molecule has 3 aromatic heterocycles. The van der Waals surface area contributed by atoms with Crippen molar-refractivity contribution >= 4 is 33.5 Å². The largest absolute Gasteiger partial charge is 0.508 e. The number of phenols is 1. The highest BCUT2D eigenvalue weighted by molar-refractivity contribution is 5.99. The van der Waals surface area contributed by atoms with Gasteiger partial charge >= 0.3 is 18.2 Å². The lowest BCUT2D eigenvalue weighted by Gasteiger charge is -2.31. The molecule has 15 heteroatoms. The maximum absolute atomic E-state index is 16.7. The van der Waals surface area contributed by atoms with E-state index in [2.05, 4.69) is 20.3 Å². The number of ether oxygens (including phenoxy) is 1. The second-order valence-electron chi connectivity index (χ2n) is 11.1. The Hall–Kier alpha value is -5.05. The fourth-order valence-corrected chi connectivity index (χ4v) is 6.01. The van der Waals surface area contributed by atoms with Gasteiger partial charge in [-0.1, -0.05) is 29.2 Å². The third-order valence-corrected chi connectivity index (χ3v) is 8.08. The lowest BCUT2D eigenvalue weighted by Crippen LogP contribution is -2.59. The molecule has 232 valence electrons. The third kappa shape index (κ3) is 5.22. The molecule has 0 spiro atoms. The number of anilines is 1. The van der Waals surface area contributed by atoms with E-state index < -0.39 is 24.0 Å². The van der Waals surface area contributed by atoms with Crippen LogP contribution in [0, 0.1) is 5.82 Å². The third-order valence-electron chi connectivity index (χ3n) is 8.08. The minimum atomic E-state index is -5.34. The van der Waals surface area contributed by atoms with Crippen molar-refractivity contribution in [1.82, 2.24) is 24.8 Å². The number of aryl methyl sites for hydroxylation is 1. The maximum Gasteiger partial charge on any atom is 0.495 e. The van der Waals surface area contributed by atoms with Crippen LogP contribution in [-0.4, -0.2) is 61.9 Å². The summed E-state index contributed by atoms with van der Waals surface area (Å²) in [6.45, 7) is 0.381. The summed E-state index contributed by atoms with van der Waals surface area (Å²) >= 11 is 0. The van der Waals surface area contributed by atoms with Crippen LogP contribution in [0.1, 0.15) is 18.7 Å². The highest BCUT2D eigenvalue weighted by Crippen LogP contribution is 2.37. The quantitative estimate of drug-likeness (QED) is 0.217. The highest BCUT2D eigenvalue weighted by atomic mass is 19.4. The topological polar surface area (TPSA) is 119 Å². The Kier molecular flexibility index (Phi) is 6.91. The van der Waals surface area contributed by atoms with E-state index in [0.717, 1.165) is 12.8 Å². The standard InChI is InChI=1S/C30H25F4N7O4/c1-39-9-8-35-23(39)15-44-29-38-26-22(12-36-25(24(26)31)21-11-19(42)10-16-4-2-3-5-20(16)21)27(41(29)45-28(43)30(32,33)34)40-13-17-6-7-18(14-40)37-17/h2-5,8-12,17-18,37H,6-7,13-15H2,1H3/p+1. The maximum atomic E-state index is 16.7. The molecule has 5 heterocycles. The molecule has 7 rings (SSSR count). The van der Waals surface area contributed by atoms with Gasteiger partial charge in [-0.05, 0) is 40.5 Å². The predicted octanol–water partition coefficient (Wildman–Crippen LogP) is 3.35. The number of carbonyl (C=O) groups excluding carboxylic acids is 1. The first-order valence-corrected chi connectivity index (χ1v) is 14.1. The molecule has 0 amide bonds. The average molecular weight is 625 g/mol. The number of alkyl halides is 3. The average Bonchev–Trinajstić information content (AvgIpc) is 3.58. The number of nitrogens with one attached hydrogen (secondary N) is 1. The van der Waals surface area contributed by atoms with Gasteiger partial charge in [0.15, 0.2) is 17.9 Å². The molecule has 2 unspecified atom stereocenters. The molecule has 0 radical (unpaired) electrons. The molecule has 2 aliphatic heterocycles. The molecule has 45 heavy (non-hydrogen) atoms. The van der Waals surface area contributed by atoms with Crippen molar-refractivity contribution in [3.63, 3.8) is 0 Å². The lowest BCUT2D eigenvalue weighted by molar-refractivity contribution is -0.864. The molecular formula is C30H26F4N7O4+. The summed E-state index contributed by atoms with van der Waals surface area (Å²) in [5, 5.41) is 15.1. The van der Waals surface area contributed by atoms with Crippen LogP contribution < -0.4 is 24.5 Å². The van der Waals surface area contributed by atoms with Crippen LogP contribution >= 0.6 is 0 Å². The highest BCUT2D eigenvalue weighted by Gasteiger charge is 2.46.